The van der Waals surface area contributed by atoms with E-state index in [1.54, 1.807) is 0 Å². The molecule has 1 amide bonds. The van der Waals surface area contributed by atoms with Crippen molar-refractivity contribution in [1.82, 2.24) is 5.32 Å². The molecule has 1 fully saturated rings. The fourth-order valence-corrected chi connectivity index (χ4v) is 2.30. The molecule has 1 rings (SSSR count). The van der Waals surface area contributed by atoms with E-state index < -0.39 is 0 Å². The summed E-state index contributed by atoms with van der Waals surface area (Å²) in [6.07, 6.45) is 3.95. The molecule has 3 atom stereocenters. The first-order valence-electron chi connectivity index (χ1n) is 6.83. The summed E-state index contributed by atoms with van der Waals surface area (Å²) in [5.74, 6) is 0.909. The van der Waals surface area contributed by atoms with Gasteiger partial charge in [-0.15, -0.1) is 0 Å². The van der Waals surface area contributed by atoms with Gasteiger partial charge in [0.25, 0.3) is 0 Å². The lowest BCUT2D eigenvalue weighted by Crippen LogP contribution is -2.41. The van der Waals surface area contributed by atoms with Crippen LogP contribution in [0.4, 0.5) is 0 Å². The van der Waals surface area contributed by atoms with Gasteiger partial charge in [-0.05, 0) is 37.0 Å². The zero-order valence-electron chi connectivity index (χ0n) is 11.8. The quantitative estimate of drug-likeness (QED) is 0.795. The van der Waals surface area contributed by atoms with Crippen LogP contribution in [0.1, 0.15) is 53.4 Å². The van der Waals surface area contributed by atoms with Crippen molar-refractivity contribution in [1.29, 1.82) is 0 Å². The van der Waals surface area contributed by atoms with E-state index in [0.717, 1.165) is 32.2 Å². The van der Waals surface area contributed by atoms with Gasteiger partial charge in [-0.1, -0.05) is 27.7 Å². The van der Waals surface area contributed by atoms with Crippen LogP contribution in [0.2, 0.25) is 0 Å². The SMILES string of the molecule is CC1CCC(C(=O)NCCC(C)(C)C)CC1N. The minimum atomic E-state index is 0.140. The second-order valence-electron chi connectivity index (χ2n) is 6.75. The maximum absolute atomic E-state index is 12.0. The molecule has 0 heterocycles. The zero-order valence-corrected chi connectivity index (χ0v) is 11.8. The van der Waals surface area contributed by atoms with Crippen molar-refractivity contribution in [2.24, 2.45) is 23.0 Å². The van der Waals surface area contributed by atoms with Gasteiger partial charge in [0.15, 0.2) is 0 Å². The zero-order chi connectivity index (χ0) is 13.1. The maximum atomic E-state index is 12.0. The molecule has 0 aromatic heterocycles. The monoisotopic (exact) mass is 240 g/mol. The molecule has 0 radical (unpaired) electrons. The Kier molecular flexibility index (Phi) is 4.99. The van der Waals surface area contributed by atoms with Gasteiger partial charge >= 0.3 is 0 Å². The van der Waals surface area contributed by atoms with Crippen LogP contribution in [-0.4, -0.2) is 18.5 Å². The first-order valence-corrected chi connectivity index (χ1v) is 6.83. The first kappa shape index (κ1) is 14.5. The molecule has 1 saturated carbocycles. The minimum Gasteiger partial charge on any atom is -0.356 e. The third-order valence-electron chi connectivity index (χ3n) is 3.80. The van der Waals surface area contributed by atoms with E-state index in [-0.39, 0.29) is 23.3 Å². The van der Waals surface area contributed by atoms with Gasteiger partial charge in [-0.25, -0.2) is 0 Å². The van der Waals surface area contributed by atoms with E-state index in [9.17, 15) is 4.79 Å². The molecule has 1 aliphatic carbocycles. The lowest BCUT2D eigenvalue weighted by molar-refractivity contribution is -0.126. The third kappa shape index (κ3) is 5.07. The van der Waals surface area contributed by atoms with Crippen LogP contribution in [0.3, 0.4) is 0 Å². The average Bonchev–Trinajstić information content (AvgIpc) is 2.20. The number of nitrogens with one attached hydrogen (secondary N) is 1. The van der Waals surface area contributed by atoms with Crippen molar-refractivity contribution < 1.29 is 4.79 Å². The van der Waals surface area contributed by atoms with E-state index in [1.807, 2.05) is 0 Å². The number of hydrogen-bond acceptors (Lipinski definition) is 2. The van der Waals surface area contributed by atoms with Crippen molar-refractivity contribution in [3.63, 3.8) is 0 Å². The van der Waals surface area contributed by atoms with Gasteiger partial charge in [0.05, 0.1) is 0 Å². The highest BCUT2D eigenvalue weighted by molar-refractivity contribution is 5.78. The average molecular weight is 240 g/mol. The molecular formula is C14H28N2O. The second-order valence-corrected chi connectivity index (χ2v) is 6.75. The highest BCUT2D eigenvalue weighted by atomic mass is 16.1. The van der Waals surface area contributed by atoms with Crippen LogP contribution < -0.4 is 11.1 Å². The lowest BCUT2D eigenvalue weighted by Gasteiger charge is -2.31. The molecule has 0 aliphatic heterocycles. The van der Waals surface area contributed by atoms with E-state index >= 15 is 0 Å². The molecule has 0 aromatic rings. The topological polar surface area (TPSA) is 55.1 Å². The van der Waals surface area contributed by atoms with Crippen molar-refractivity contribution in [2.75, 3.05) is 6.54 Å². The summed E-state index contributed by atoms with van der Waals surface area (Å²) in [5, 5.41) is 3.05. The Bertz CT molecular complexity index is 257. The predicted molar refractivity (Wildman–Crippen MR) is 71.6 cm³/mol. The van der Waals surface area contributed by atoms with Gasteiger partial charge in [-0.3, -0.25) is 4.79 Å². The van der Waals surface area contributed by atoms with Gasteiger partial charge in [-0.2, -0.15) is 0 Å². The van der Waals surface area contributed by atoms with E-state index in [0.29, 0.717) is 5.92 Å². The number of carbonyl (C=O) groups is 1. The van der Waals surface area contributed by atoms with Gasteiger partial charge in [0, 0.05) is 18.5 Å². The Balaban J connectivity index is 2.29. The molecule has 3 heteroatoms. The second kappa shape index (κ2) is 5.85. The summed E-state index contributed by atoms with van der Waals surface area (Å²) in [4.78, 5) is 12.0. The smallest absolute Gasteiger partial charge is 0.223 e. The Morgan fingerprint density at radius 3 is 2.53 bits per heavy atom. The van der Waals surface area contributed by atoms with Crippen LogP contribution in [0.5, 0.6) is 0 Å². The summed E-state index contributed by atoms with van der Waals surface area (Å²) >= 11 is 0. The maximum Gasteiger partial charge on any atom is 0.223 e. The molecule has 0 spiro atoms. The normalized spacial score (nSPS) is 30.1. The summed E-state index contributed by atoms with van der Waals surface area (Å²) in [6.45, 7) is 9.54. The van der Waals surface area contributed by atoms with Crippen molar-refractivity contribution in [3.05, 3.63) is 0 Å². The van der Waals surface area contributed by atoms with E-state index in [4.69, 9.17) is 5.73 Å². The summed E-state index contributed by atoms with van der Waals surface area (Å²) < 4.78 is 0. The molecule has 0 aromatic carbocycles. The molecule has 3 nitrogen and oxygen atoms in total. The highest BCUT2D eigenvalue weighted by Crippen LogP contribution is 2.27. The van der Waals surface area contributed by atoms with E-state index in [1.165, 1.54) is 0 Å². The molecular weight excluding hydrogens is 212 g/mol. The molecule has 1 aliphatic rings. The van der Waals surface area contributed by atoms with Crippen LogP contribution >= 0.6 is 0 Å². The molecule has 17 heavy (non-hydrogen) atoms. The molecule has 100 valence electrons. The molecule has 3 unspecified atom stereocenters. The van der Waals surface area contributed by atoms with E-state index in [2.05, 4.69) is 33.0 Å². The summed E-state index contributed by atoms with van der Waals surface area (Å²) in [7, 11) is 0. The van der Waals surface area contributed by atoms with Crippen molar-refractivity contribution in [3.8, 4) is 0 Å². The summed E-state index contributed by atoms with van der Waals surface area (Å²) in [6, 6.07) is 0.196. The lowest BCUT2D eigenvalue weighted by atomic mass is 9.79. The Hall–Kier alpha value is -0.570. The standard InChI is InChI=1S/C14H28N2O/c1-10-5-6-11(9-12(10)15)13(17)16-8-7-14(2,3)4/h10-12H,5-9,15H2,1-4H3,(H,16,17). The molecule has 3 N–H and O–H groups in total. The Morgan fingerprint density at radius 2 is 2.00 bits per heavy atom. The van der Waals surface area contributed by atoms with Crippen LogP contribution in [0, 0.1) is 17.3 Å². The number of nitrogens with two attached hydrogens (primary N) is 1. The number of rotatable bonds is 3. The highest BCUT2D eigenvalue weighted by Gasteiger charge is 2.29. The minimum absolute atomic E-state index is 0.140. The number of amides is 1. The van der Waals surface area contributed by atoms with Gasteiger partial charge in [0.1, 0.15) is 0 Å². The van der Waals surface area contributed by atoms with Crippen molar-refractivity contribution >= 4 is 5.91 Å². The third-order valence-corrected chi connectivity index (χ3v) is 3.80. The Labute approximate surface area is 106 Å². The van der Waals surface area contributed by atoms with Gasteiger partial charge in [0.2, 0.25) is 5.91 Å². The van der Waals surface area contributed by atoms with Crippen LogP contribution in [0.25, 0.3) is 0 Å². The van der Waals surface area contributed by atoms with Crippen LogP contribution in [0.15, 0.2) is 0 Å². The molecule has 0 saturated heterocycles. The number of hydrogen-bond donors (Lipinski definition) is 2. The van der Waals surface area contributed by atoms with Crippen LogP contribution in [-0.2, 0) is 4.79 Å². The largest absolute Gasteiger partial charge is 0.356 e. The van der Waals surface area contributed by atoms with Gasteiger partial charge < -0.3 is 11.1 Å². The van der Waals surface area contributed by atoms with Crippen molar-refractivity contribution in [2.45, 2.75) is 59.4 Å². The fraction of sp³-hybridized carbons (Fsp3) is 0.929. The molecule has 0 bridgehead atoms. The predicted octanol–water partition coefficient (Wildman–Crippen LogP) is 2.30. The first-order chi connectivity index (χ1) is 7.79. The fourth-order valence-electron chi connectivity index (χ4n) is 2.30. The summed E-state index contributed by atoms with van der Waals surface area (Å²) in [5.41, 5.74) is 6.31. The number of carbonyl (C=O) groups excluding carboxylic acids is 1. The Morgan fingerprint density at radius 1 is 1.35 bits per heavy atom.